The molecule has 0 aliphatic carbocycles. The molecule has 0 unspecified atom stereocenters. The minimum atomic E-state index is -0.216. The summed E-state index contributed by atoms with van der Waals surface area (Å²) in [6, 6.07) is 28.9. The summed E-state index contributed by atoms with van der Waals surface area (Å²) in [4.78, 5) is 18.2. The first-order valence-corrected chi connectivity index (χ1v) is 12.4. The number of ether oxygens (including phenoxy) is 2. The quantitative estimate of drug-likeness (QED) is 0.249. The summed E-state index contributed by atoms with van der Waals surface area (Å²) < 4.78 is 16.2. The summed E-state index contributed by atoms with van der Waals surface area (Å²) in [7, 11) is 0. The van der Waals surface area contributed by atoms with E-state index >= 15 is 0 Å². The molecule has 0 aliphatic heterocycles. The third kappa shape index (κ3) is 5.72. The molecule has 2 N–H and O–H groups in total. The Hall–Kier alpha value is -3.59. The molecule has 0 aliphatic rings. The van der Waals surface area contributed by atoms with E-state index < -0.39 is 0 Å². The van der Waals surface area contributed by atoms with Gasteiger partial charge in [0.05, 0.1) is 11.0 Å². The highest BCUT2D eigenvalue weighted by molar-refractivity contribution is 9.10. The molecule has 5 rings (SSSR count). The molecular weight excluding hydrogens is 556 g/mol. The Morgan fingerprint density at radius 2 is 1.46 bits per heavy atom. The molecule has 7 nitrogen and oxygen atoms in total. The SMILES string of the molecule is Cl.NCCn1c(=O)n(-c2ccc(OCc3ccccc3)nc2OCc2ccccc2)c2cccc(Br)c21. The molecule has 37 heavy (non-hydrogen) atoms. The maximum Gasteiger partial charge on any atom is 0.333 e. The minimum Gasteiger partial charge on any atom is -0.473 e. The monoisotopic (exact) mass is 580 g/mol. The first-order chi connectivity index (χ1) is 17.7. The van der Waals surface area contributed by atoms with Crippen molar-refractivity contribution in [2.45, 2.75) is 19.8 Å². The zero-order valence-corrected chi connectivity index (χ0v) is 22.3. The molecule has 0 saturated heterocycles. The van der Waals surface area contributed by atoms with Crippen molar-refractivity contribution in [3.8, 4) is 17.4 Å². The van der Waals surface area contributed by atoms with Gasteiger partial charge in [-0.05, 0) is 45.3 Å². The Kier molecular flexibility index (Phi) is 8.66. The summed E-state index contributed by atoms with van der Waals surface area (Å²) in [5.74, 6) is 0.712. The fourth-order valence-corrected chi connectivity index (χ4v) is 4.64. The third-order valence-corrected chi connectivity index (χ3v) is 6.39. The first-order valence-electron chi connectivity index (χ1n) is 11.6. The molecule has 2 heterocycles. The second-order valence-corrected chi connectivity index (χ2v) is 9.04. The van der Waals surface area contributed by atoms with Gasteiger partial charge in [0.1, 0.15) is 18.9 Å². The van der Waals surface area contributed by atoms with Gasteiger partial charge in [-0.25, -0.2) is 4.79 Å². The van der Waals surface area contributed by atoms with Gasteiger partial charge in [-0.2, -0.15) is 4.98 Å². The van der Waals surface area contributed by atoms with E-state index in [-0.39, 0.29) is 18.1 Å². The fourth-order valence-electron chi connectivity index (χ4n) is 4.07. The zero-order chi connectivity index (χ0) is 24.9. The van der Waals surface area contributed by atoms with E-state index in [0.717, 1.165) is 26.6 Å². The van der Waals surface area contributed by atoms with Crippen LogP contribution in [0.25, 0.3) is 16.7 Å². The van der Waals surface area contributed by atoms with Crippen LogP contribution in [0.1, 0.15) is 11.1 Å². The summed E-state index contributed by atoms with van der Waals surface area (Å²) in [5.41, 5.74) is 9.65. The fraction of sp³-hybridized carbons (Fsp3) is 0.143. The number of nitrogens with two attached hydrogens (primary N) is 1. The normalized spacial score (nSPS) is 10.8. The smallest absolute Gasteiger partial charge is 0.333 e. The van der Waals surface area contributed by atoms with Gasteiger partial charge in [0.2, 0.25) is 11.8 Å². The highest BCUT2D eigenvalue weighted by atomic mass is 79.9. The van der Waals surface area contributed by atoms with Crippen molar-refractivity contribution in [3.63, 3.8) is 0 Å². The Balaban J connectivity index is 0.00000320. The summed E-state index contributed by atoms with van der Waals surface area (Å²) in [6.07, 6.45) is 0. The standard InChI is InChI=1S/C28H25BrN4O3.ClH/c29-22-12-7-13-23-26(22)32(17-16-30)28(34)33(23)24-14-15-25(35-18-20-8-3-1-4-9-20)31-27(24)36-19-21-10-5-2-6-11-21;/h1-15H,16-19,30H2;1H. The summed E-state index contributed by atoms with van der Waals surface area (Å²) in [5, 5.41) is 0. The molecule has 190 valence electrons. The number of hydrogen-bond donors (Lipinski definition) is 1. The van der Waals surface area contributed by atoms with Crippen LogP contribution in [0, 0.1) is 0 Å². The van der Waals surface area contributed by atoms with Gasteiger partial charge in [-0.15, -0.1) is 12.4 Å². The van der Waals surface area contributed by atoms with Gasteiger partial charge >= 0.3 is 5.69 Å². The largest absolute Gasteiger partial charge is 0.473 e. The lowest BCUT2D eigenvalue weighted by molar-refractivity contribution is 0.267. The molecule has 9 heteroatoms. The molecule has 2 aromatic heterocycles. The van der Waals surface area contributed by atoms with E-state index in [4.69, 9.17) is 15.2 Å². The van der Waals surface area contributed by atoms with Crippen LogP contribution >= 0.6 is 28.3 Å². The van der Waals surface area contributed by atoms with Gasteiger partial charge in [-0.3, -0.25) is 9.13 Å². The number of imidazole rings is 1. The Labute approximate surface area is 229 Å². The molecule has 0 spiro atoms. The molecule has 0 fully saturated rings. The second-order valence-electron chi connectivity index (χ2n) is 8.19. The number of fused-ring (bicyclic) bond motifs is 1. The van der Waals surface area contributed by atoms with Crippen LogP contribution in [0.5, 0.6) is 11.8 Å². The lowest BCUT2D eigenvalue weighted by Gasteiger charge is -2.14. The van der Waals surface area contributed by atoms with Gasteiger partial charge in [0.15, 0.2) is 0 Å². The van der Waals surface area contributed by atoms with E-state index in [1.165, 1.54) is 0 Å². The predicted molar refractivity (Wildman–Crippen MR) is 151 cm³/mol. The number of hydrogen-bond acceptors (Lipinski definition) is 5. The van der Waals surface area contributed by atoms with Crippen LogP contribution in [0.4, 0.5) is 0 Å². The topological polar surface area (TPSA) is 84.3 Å². The van der Waals surface area contributed by atoms with Crippen molar-refractivity contribution in [1.82, 2.24) is 14.1 Å². The van der Waals surface area contributed by atoms with Crippen LogP contribution < -0.4 is 20.9 Å². The van der Waals surface area contributed by atoms with E-state index in [1.54, 1.807) is 15.2 Å². The number of para-hydroxylation sites is 1. The van der Waals surface area contributed by atoms with Crippen molar-refractivity contribution in [2.24, 2.45) is 5.73 Å². The zero-order valence-electron chi connectivity index (χ0n) is 19.9. The van der Waals surface area contributed by atoms with Crippen molar-refractivity contribution in [1.29, 1.82) is 0 Å². The van der Waals surface area contributed by atoms with Gasteiger partial charge in [0, 0.05) is 23.6 Å². The van der Waals surface area contributed by atoms with Crippen LogP contribution in [-0.2, 0) is 19.8 Å². The third-order valence-electron chi connectivity index (χ3n) is 5.75. The average Bonchev–Trinajstić information content (AvgIpc) is 3.20. The molecule has 5 aromatic rings. The van der Waals surface area contributed by atoms with Crippen LogP contribution in [0.15, 0.2) is 100 Å². The average molecular weight is 582 g/mol. The van der Waals surface area contributed by atoms with Crippen LogP contribution in [0.3, 0.4) is 0 Å². The van der Waals surface area contributed by atoms with Crippen LogP contribution in [-0.4, -0.2) is 20.7 Å². The van der Waals surface area contributed by atoms with E-state index in [1.807, 2.05) is 84.9 Å². The van der Waals surface area contributed by atoms with Crippen LogP contribution in [0.2, 0.25) is 0 Å². The molecule has 0 bridgehead atoms. The lowest BCUT2D eigenvalue weighted by Crippen LogP contribution is -2.26. The molecule has 0 atom stereocenters. The van der Waals surface area contributed by atoms with Crippen molar-refractivity contribution >= 4 is 39.4 Å². The highest BCUT2D eigenvalue weighted by Gasteiger charge is 2.20. The molecule has 3 aromatic carbocycles. The molecule has 0 radical (unpaired) electrons. The Morgan fingerprint density at radius 3 is 2.11 bits per heavy atom. The van der Waals surface area contributed by atoms with E-state index in [0.29, 0.717) is 43.8 Å². The first kappa shape index (κ1) is 26.5. The van der Waals surface area contributed by atoms with Gasteiger partial charge < -0.3 is 15.2 Å². The number of rotatable bonds is 9. The van der Waals surface area contributed by atoms with Crippen molar-refractivity contribution < 1.29 is 9.47 Å². The predicted octanol–water partition coefficient (Wildman–Crippen LogP) is 5.49. The van der Waals surface area contributed by atoms with Crippen molar-refractivity contribution in [3.05, 3.63) is 117 Å². The number of aromatic nitrogens is 3. The Morgan fingerprint density at radius 1 is 0.811 bits per heavy atom. The molecule has 0 saturated carbocycles. The lowest BCUT2D eigenvalue weighted by atomic mass is 10.2. The van der Waals surface area contributed by atoms with Gasteiger partial charge in [0.25, 0.3) is 0 Å². The maximum atomic E-state index is 13.6. The number of nitrogens with zero attached hydrogens (tertiary/aromatic N) is 3. The van der Waals surface area contributed by atoms with Gasteiger partial charge in [-0.1, -0.05) is 66.7 Å². The molecular formula is C28H26BrClN4O3. The summed E-state index contributed by atoms with van der Waals surface area (Å²) in [6.45, 7) is 1.38. The Bertz CT molecular complexity index is 1540. The number of halogens is 2. The maximum absolute atomic E-state index is 13.6. The van der Waals surface area contributed by atoms with E-state index in [2.05, 4.69) is 20.9 Å². The second kappa shape index (κ2) is 12.1. The van der Waals surface area contributed by atoms with Crippen molar-refractivity contribution in [2.75, 3.05) is 6.54 Å². The summed E-state index contributed by atoms with van der Waals surface area (Å²) >= 11 is 3.59. The highest BCUT2D eigenvalue weighted by Crippen LogP contribution is 2.30. The molecule has 0 amide bonds. The number of pyridine rings is 1. The number of benzene rings is 3. The minimum absolute atomic E-state index is 0. The van der Waals surface area contributed by atoms with E-state index in [9.17, 15) is 4.79 Å².